The number of ether oxygens (including phenoxy) is 1. The van der Waals surface area contributed by atoms with Crippen LogP contribution in [0.3, 0.4) is 0 Å². The summed E-state index contributed by atoms with van der Waals surface area (Å²) >= 11 is 3.19. The number of rotatable bonds is 6. The van der Waals surface area contributed by atoms with Crippen LogP contribution in [0.25, 0.3) is 0 Å². The Morgan fingerprint density at radius 1 is 1.22 bits per heavy atom. The molecule has 1 atom stereocenters. The number of amides is 1. The lowest BCUT2D eigenvalue weighted by Crippen LogP contribution is -2.35. The number of methoxy groups -OCH3 is 1. The maximum Gasteiger partial charge on any atom is 0.307 e. The van der Waals surface area contributed by atoms with Gasteiger partial charge in [0.25, 0.3) is 5.91 Å². The average molecular weight is 380 g/mol. The van der Waals surface area contributed by atoms with E-state index in [1.807, 2.05) is 37.3 Å². The normalized spacial score (nSPS) is 11.8. The van der Waals surface area contributed by atoms with Gasteiger partial charge in [-0.05, 0) is 40.5 Å². The molecule has 0 radical (unpaired) electrons. The van der Waals surface area contributed by atoms with Crippen molar-refractivity contribution in [2.75, 3.05) is 13.7 Å². The number of esters is 1. The molecule has 1 aromatic heterocycles. The number of carbonyl (C=O) groups is 2. The molecule has 6 heteroatoms. The molecule has 0 saturated carbocycles. The van der Waals surface area contributed by atoms with Crippen molar-refractivity contribution in [3.05, 3.63) is 58.5 Å². The van der Waals surface area contributed by atoms with Gasteiger partial charge in [0.15, 0.2) is 10.4 Å². The summed E-state index contributed by atoms with van der Waals surface area (Å²) < 4.78 is 10.5. The first-order valence-electron chi connectivity index (χ1n) is 7.21. The van der Waals surface area contributed by atoms with Gasteiger partial charge in [0.2, 0.25) is 0 Å². The summed E-state index contributed by atoms with van der Waals surface area (Å²) in [7, 11) is 1.33. The van der Waals surface area contributed by atoms with E-state index in [4.69, 9.17) is 4.42 Å². The number of halogens is 1. The monoisotopic (exact) mass is 379 g/mol. The summed E-state index contributed by atoms with van der Waals surface area (Å²) in [5.41, 5.74) is 0.983. The van der Waals surface area contributed by atoms with Crippen molar-refractivity contribution in [1.82, 2.24) is 4.90 Å². The number of nitrogens with zero attached hydrogens (tertiary/aromatic N) is 1. The summed E-state index contributed by atoms with van der Waals surface area (Å²) in [4.78, 5) is 25.8. The maximum absolute atomic E-state index is 12.7. The third-order valence-corrected chi connectivity index (χ3v) is 4.01. The Morgan fingerprint density at radius 3 is 2.48 bits per heavy atom. The van der Waals surface area contributed by atoms with Crippen molar-refractivity contribution in [3.63, 3.8) is 0 Å². The highest BCUT2D eigenvalue weighted by molar-refractivity contribution is 9.10. The minimum Gasteiger partial charge on any atom is -0.469 e. The van der Waals surface area contributed by atoms with E-state index in [2.05, 4.69) is 20.7 Å². The Balaban J connectivity index is 2.23. The zero-order chi connectivity index (χ0) is 16.8. The molecule has 0 aliphatic rings. The Kier molecular flexibility index (Phi) is 5.98. The lowest BCUT2D eigenvalue weighted by atomic mass is 10.1. The molecule has 0 fully saturated rings. The first-order chi connectivity index (χ1) is 11.0. The highest BCUT2D eigenvalue weighted by atomic mass is 79.9. The van der Waals surface area contributed by atoms with Gasteiger partial charge in [0, 0.05) is 6.54 Å². The van der Waals surface area contributed by atoms with E-state index < -0.39 is 0 Å². The smallest absolute Gasteiger partial charge is 0.307 e. The largest absolute Gasteiger partial charge is 0.469 e. The summed E-state index contributed by atoms with van der Waals surface area (Å²) in [6, 6.07) is 12.7. The van der Waals surface area contributed by atoms with Crippen LogP contribution in [-0.4, -0.2) is 30.4 Å². The van der Waals surface area contributed by atoms with Crippen LogP contribution in [-0.2, 0) is 9.53 Å². The van der Waals surface area contributed by atoms with Gasteiger partial charge in [-0.3, -0.25) is 9.59 Å². The third kappa shape index (κ3) is 4.45. The van der Waals surface area contributed by atoms with Crippen LogP contribution in [0.2, 0.25) is 0 Å². The van der Waals surface area contributed by atoms with Gasteiger partial charge < -0.3 is 14.1 Å². The van der Waals surface area contributed by atoms with Crippen LogP contribution in [0, 0.1) is 0 Å². The zero-order valence-electron chi connectivity index (χ0n) is 13.0. The second-order valence-corrected chi connectivity index (χ2v) is 5.80. The minimum absolute atomic E-state index is 0.126. The van der Waals surface area contributed by atoms with Crippen molar-refractivity contribution in [2.24, 2.45) is 0 Å². The quantitative estimate of drug-likeness (QED) is 0.716. The molecule has 0 spiro atoms. The van der Waals surface area contributed by atoms with Crippen LogP contribution in [0.15, 0.2) is 51.6 Å². The van der Waals surface area contributed by atoms with Crippen molar-refractivity contribution < 1.29 is 18.7 Å². The Hall–Kier alpha value is -2.08. The van der Waals surface area contributed by atoms with Gasteiger partial charge in [-0.25, -0.2) is 0 Å². The predicted molar refractivity (Wildman–Crippen MR) is 88.9 cm³/mol. The maximum atomic E-state index is 12.7. The Morgan fingerprint density at radius 2 is 1.91 bits per heavy atom. The molecule has 1 heterocycles. The van der Waals surface area contributed by atoms with Crippen molar-refractivity contribution in [2.45, 2.75) is 19.4 Å². The highest BCUT2D eigenvalue weighted by Gasteiger charge is 2.25. The molecule has 0 aliphatic carbocycles. The molecule has 5 nitrogen and oxygen atoms in total. The van der Waals surface area contributed by atoms with Crippen molar-refractivity contribution >= 4 is 27.8 Å². The number of hydrogen-bond acceptors (Lipinski definition) is 4. The van der Waals surface area contributed by atoms with Gasteiger partial charge in [0.05, 0.1) is 19.6 Å². The molecule has 0 aliphatic heterocycles. The second kappa shape index (κ2) is 7.97. The molecular weight excluding hydrogens is 362 g/mol. The predicted octanol–water partition coefficient (Wildman–Crippen LogP) is 3.81. The minimum atomic E-state index is -0.358. The fourth-order valence-corrected chi connectivity index (χ4v) is 2.57. The van der Waals surface area contributed by atoms with Crippen LogP contribution >= 0.6 is 15.9 Å². The van der Waals surface area contributed by atoms with E-state index in [0.717, 1.165) is 5.56 Å². The van der Waals surface area contributed by atoms with E-state index >= 15 is 0 Å². The molecule has 0 N–H and O–H groups in total. The number of hydrogen-bond donors (Lipinski definition) is 0. The number of carbonyl (C=O) groups excluding carboxylic acids is 2. The second-order valence-electron chi connectivity index (χ2n) is 5.02. The fraction of sp³-hybridized carbons (Fsp3) is 0.294. The van der Waals surface area contributed by atoms with Gasteiger partial charge >= 0.3 is 5.97 Å². The standard InChI is InChI=1S/C17H18BrNO4/c1-12(13-6-4-3-5-7-13)19(11-10-16(20)22-2)17(21)14-8-9-15(18)23-14/h3-9,12H,10-11H2,1-2H3. The van der Waals surface area contributed by atoms with Gasteiger partial charge in [0.1, 0.15) is 0 Å². The molecule has 122 valence electrons. The van der Waals surface area contributed by atoms with Crippen LogP contribution in [0.1, 0.15) is 35.5 Å². The molecule has 1 aromatic carbocycles. The van der Waals surface area contributed by atoms with Crippen LogP contribution in [0.5, 0.6) is 0 Å². The van der Waals surface area contributed by atoms with Crippen LogP contribution in [0.4, 0.5) is 0 Å². The van der Waals surface area contributed by atoms with E-state index in [-0.39, 0.29) is 36.6 Å². The molecule has 2 rings (SSSR count). The highest BCUT2D eigenvalue weighted by Crippen LogP contribution is 2.24. The Bertz CT molecular complexity index is 668. The van der Waals surface area contributed by atoms with Gasteiger partial charge in [-0.15, -0.1) is 0 Å². The average Bonchev–Trinajstić information content (AvgIpc) is 3.01. The molecule has 0 saturated heterocycles. The summed E-state index contributed by atoms with van der Waals surface area (Å²) in [5, 5.41) is 0. The lowest BCUT2D eigenvalue weighted by molar-refractivity contribution is -0.140. The van der Waals surface area contributed by atoms with E-state index in [0.29, 0.717) is 4.67 Å². The number of benzene rings is 1. The topological polar surface area (TPSA) is 59.8 Å². The SMILES string of the molecule is COC(=O)CCN(C(=O)c1ccc(Br)o1)C(C)c1ccccc1. The van der Waals surface area contributed by atoms with Crippen LogP contribution < -0.4 is 0 Å². The molecule has 2 aromatic rings. The van der Waals surface area contributed by atoms with Gasteiger partial charge in [-0.1, -0.05) is 30.3 Å². The molecule has 0 bridgehead atoms. The first-order valence-corrected chi connectivity index (χ1v) is 8.00. The fourth-order valence-electron chi connectivity index (χ4n) is 2.27. The van der Waals surface area contributed by atoms with E-state index in [1.54, 1.807) is 17.0 Å². The lowest BCUT2D eigenvalue weighted by Gasteiger charge is -2.28. The van der Waals surface area contributed by atoms with Crippen molar-refractivity contribution in [3.8, 4) is 0 Å². The molecule has 23 heavy (non-hydrogen) atoms. The Labute approximate surface area is 143 Å². The summed E-state index contributed by atoms with van der Waals surface area (Å²) in [5.74, 6) is -0.399. The summed E-state index contributed by atoms with van der Waals surface area (Å²) in [6.07, 6.45) is 0.126. The van der Waals surface area contributed by atoms with Gasteiger partial charge in [-0.2, -0.15) is 0 Å². The van der Waals surface area contributed by atoms with E-state index in [1.165, 1.54) is 7.11 Å². The molecular formula is C17H18BrNO4. The number of furan rings is 1. The molecule has 1 unspecified atom stereocenters. The molecule has 1 amide bonds. The zero-order valence-corrected chi connectivity index (χ0v) is 14.6. The summed E-state index contributed by atoms with van der Waals surface area (Å²) in [6.45, 7) is 2.17. The van der Waals surface area contributed by atoms with E-state index in [9.17, 15) is 9.59 Å². The first kappa shape index (κ1) is 17.3. The van der Waals surface area contributed by atoms with Crippen molar-refractivity contribution in [1.29, 1.82) is 0 Å². The third-order valence-electron chi connectivity index (χ3n) is 3.58.